The minimum Gasteiger partial charge on any atom is -0.316 e. The Morgan fingerprint density at radius 1 is 0.625 bits per heavy atom. The highest BCUT2D eigenvalue weighted by Gasteiger charge is 2.40. The van der Waals surface area contributed by atoms with Gasteiger partial charge in [-0.1, -0.05) is 72.8 Å². The Hall–Kier alpha value is -5.29. The van der Waals surface area contributed by atoms with Gasteiger partial charge in [0.15, 0.2) is 0 Å². The molecule has 0 fully saturated rings. The van der Waals surface area contributed by atoms with Crippen LogP contribution in [0.4, 0.5) is 5.69 Å². The molecule has 2 atom stereocenters. The summed E-state index contributed by atoms with van der Waals surface area (Å²) in [5, 5.41) is 2.40. The van der Waals surface area contributed by atoms with Crippen molar-refractivity contribution in [2.45, 2.75) is 12.1 Å². The lowest BCUT2D eigenvalue weighted by atomic mass is 9.90. The molecule has 0 saturated heterocycles. The summed E-state index contributed by atoms with van der Waals surface area (Å²) < 4.78 is 2.29. The minimum absolute atomic E-state index is 0.120. The van der Waals surface area contributed by atoms with E-state index in [9.17, 15) is 0 Å². The molecule has 40 heavy (non-hydrogen) atoms. The summed E-state index contributed by atoms with van der Waals surface area (Å²) in [6.45, 7) is 0. The number of aromatic nitrogens is 3. The van der Waals surface area contributed by atoms with Crippen LogP contribution in [0.15, 0.2) is 133 Å². The molecular weight excluding hydrogens is 490 g/mol. The molecule has 2 aliphatic heterocycles. The largest absolute Gasteiger partial charge is 0.316 e. The van der Waals surface area contributed by atoms with Crippen molar-refractivity contribution in [2.75, 3.05) is 4.90 Å². The monoisotopic (exact) mass is 513 g/mol. The van der Waals surface area contributed by atoms with Crippen molar-refractivity contribution in [3.05, 3.63) is 133 Å². The fourth-order valence-corrected chi connectivity index (χ4v) is 6.55. The first-order chi connectivity index (χ1) is 19.8. The number of pyridine rings is 2. The molecule has 3 aromatic carbocycles. The molecule has 5 heterocycles. The van der Waals surface area contributed by atoms with Gasteiger partial charge in [0.25, 0.3) is 0 Å². The molecule has 0 spiro atoms. The predicted octanol–water partition coefficient (Wildman–Crippen LogP) is 7.35. The summed E-state index contributed by atoms with van der Waals surface area (Å²) in [7, 11) is 0. The van der Waals surface area contributed by atoms with E-state index in [2.05, 4.69) is 112 Å². The summed E-state index contributed by atoms with van der Waals surface area (Å²) in [5.74, 6) is 1.92. The number of hydrogen-bond donors (Lipinski definition) is 0. The lowest BCUT2D eigenvalue weighted by molar-refractivity contribution is 0.739. The van der Waals surface area contributed by atoms with Gasteiger partial charge in [0.1, 0.15) is 11.7 Å². The van der Waals surface area contributed by atoms with Crippen molar-refractivity contribution < 1.29 is 0 Å². The third kappa shape index (κ3) is 2.94. The molecule has 5 heteroatoms. The molecule has 6 aromatic rings. The highest BCUT2D eigenvalue weighted by Crippen LogP contribution is 2.46. The molecule has 0 radical (unpaired) electrons. The molecular formula is C35H23N5. The summed E-state index contributed by atoms with van der Waals surface area (Å²) >= 11 is 0. The Morgan fingerprint density at radius 2 is 1.48 bits per heavy atom. The van der Waals surface area contributed by atoms with Crippen LogP contribution in [0.3, 0.4) is 0 Å². The van der Waals surface area contributed by atoms with Crippen molar-refractivity contribution in [2.24, 2.45) is 4.99 Å². The second-order valence-corrected chi connectivity index (χ2v) is 10.5. The zero-order valence-electron chi connectivity index (χ0n) is 21.5. The van der Waals surface area contributed by atoms with E-state index in [-0.39, 0.29) is 12.1 Å². The zero-order valence-corrected chi connectivity index (χ0v) is 21.5. The summed E-state index contributed by atoms with van der Waals surface area (Å²) in [5.41, 5.74) is 8.79. The Kier molecular flexibility index (Phi) is 4.38. The molecule has 3 aliphatic rings. The van der Waals surface area contributed by atoms with Gasteiger partial charge >= 0.3 is 0 Å². The highest BCUT2D eigenvalue weighted by atomic mass is 15.3. The summed E-state index contributed by atoms with van der Waals surface area (Å²) in [6.07, 6.45) is 10.5. The van der Waals surface area contributed by atoms with Crippen LogP contribution in [0, 0.1) is 0 Å². The number of nitrogens with zero attached hydrogens (tertiary/aromatic N) is 5. The fourth-order valence-electron chi connectivity index (χ4n) is 6.55. The SMILES string of the molecule is C1=CC2N=C3c4cc5c6ccccc6n(-c6cccc(-c7ccccn7)n6)c5cc4-c4ccccc4N3C2C=C1. The van der Waals surface area contributed by atoms with E-state index in [0.717, 1.165) is 34.1 Å². The van der Waals surface area contributed by atoms with Gasteiger partial charge in [-0.3, -0.25) is 14.5 Å². The van der Waals surface area contributed by atoms with E-state index in [1.165, 1.54) is 33.2 Å². The summed E-state index contributed by atoms with van der Waals surface area (Å²) in [4.78, 5) is 17.3. The first-order valence-corrected chi connectivity index (χ1v) is 13.6. The van der Waals surface area contributed by atoms with Gasteiger partial charge in [-0.2, -0.15) is 0 Å². The van der Waals surface area contributed by atoms with E-state index >= 15 is 0 Å². The molecule has 9 rings (SSSR count). The zero-order chi connectivity index (χ0) is 26.2. The average Bonchev–Trinajstić information content (AvgIpc) is 3.57. The quantitative estimate of drug-likeness (QED) is 0.243. The Bertz CT molecular complexity index is 2080. The molecule has 0 N–H and O–H groups in total. The third-order valence-electron chi connectivity index (χ3n) is 8.27. The van der Waals surface area contributed by atoms with Crippen molar-refractivity contribution >= 4 is 33.3 Å². The Morgan fingerprint density at radius 3 is 2.42 bits per heavy atom. The topological polar surface area (TPSA) is 46.3 Å². The molecule has 0 bridgehead atoms. The predicted molar refractivity (Wildman–Crippen MR) is 162 cm³/mol. The van der Waals surface area contributed by atoms with E-state index in [1.807, 2.05) is 30.5 Å². The Balaban J connectivity index is 1.34. The molecule has 188 valence electrons. The number of rotatable bonds is 2. The number of benzene rings is 3. The van der Waals surface area contributed by atoms with E-state index in [4.69, 9.17) is 9.98 Å². The number of anilines is 1. The molecule has 2 unspecified atom stereocenters. The van der Waals surface area contributed by atoms with Crippen LogP contribution in [0.2, 0.25) is 0 Å². The van der Waals surface area contributed by atoms with Gasteiger partial charge in [-0.25, -0.2) is 4.98 Å². The number of fused-ring (bicyclic) bond motifs is 11. The molecule has 1 aliphatic carbocycles. The van der Waals surface area contributed by atoms with Gasteiger partial charge in [0.05, 0.1) is 40.2 Å². The van der Waals surface area contributed by atoms with Gasteiger partial charge in [0.2, 0.25) is 0 Å². The van der Waals surface area contributed by atoms with Crippen molar-refractivity contribution in [1.82, 2.24) is 14.5 Å². The van der Waals surface area contributed by atoms with Gasteiger partial charge in [0, 0.05) is 28.1 Å². The smallest absolute Gasteiger partial charge is 0.138 e. The van der Waals surface area contributed by atoms with Crippen molar-refractivity contribution in [3.63, 3.8) is 0 Å². The summed E-state index contributed by atoms with van der Waals surface area (Å²) in [6, 6.07) is 34.4. The van der Waals surface area contributed by atoms with E-state index in [0.29, 0.717) is 0 Å². The maximum atomic E-state index is 5.25. The molecule has 3 aromatic heterocycles. The third-order valence-corrected chi connectivity index (χ3v) is 8.27. The van der Waals surface area contributed by atoms with E-state index in [1.54, 1.807) is 0 Å². The number of allylic oxidation sites excluding steroid dienone is 2. The van der Waals surface area contributed by atoms with E-state index < -0.39 is 0 Å². The molecule has 0 saturated carbocycles. The van der Waals surface area contributed by atoms with Gasteiger partial charge in [-0.05, 0) is 54.1 Å². The van der Waals surface area contributed by atoms with Crippen LogP contribution in [0.25, 0.3) is 50.1 Å². The van der Waals surface area contributed by atoms with Gasteiger partial charge in [-0.15, -0.1) is 0 Å². The number of aliphatic imine (C=N–C) groups is 1. The van der Waals surface area contributed by atoms with Crippen LogP contribution in [0.1, 0.15) is 5.56 Å². The Labute approximate surface area is 231 Å². The number of para-hydroxylation sites is 2. The first kappa shape index (κ1) is 21.6. The van der Waals surface area contributed by atoms with Crippen molar-refractivity contribution in [1.29, 1.82) is 0 Å². The standard InChI is InChI=1S/C35H23N5/c1-5-16-31-22(10-1)24-21-33-25(20-26(24)35-38-29-13-3-6-17-32(29)40(31)35)23-11-2-4-15-30(23)39(33)34-18-9-14-28(37-34)27-12-7-8-19-36-27/h1-21,29,32H. The average molecular weight is 514 g/mol. The molecule has 0 amide bonds. The maximum absolute atomic E-state index is 5.25. The normalized spacial score (nSPS) is 18.4. The van der Waals surface area contributed by atoms with Crippen LogP contribution in [0.5, 0.6) is 0 Å². The van der Waals surface area contributed by atoms with Crippen molar-refractivity contribution in [3.8, 4) is 28.3 Å². The first-order valence-electron chi connectivity index (χ1n) is 13.6. The minimum atomic E-state index is 0.120. The van der Waals surface area contributed by atoms with Gasteiger partial charge < -0.3 is 4.90 Å². The lowest BCUT2D eigenvalue weighted by Gasteiger charge is -2.34. The second-order valence-electron chi connectivity index (χ2n) is 10.5. The maximum Gasteiger partial charge on any atom is 0.138 e. The van der Waals surface area contributed by atoms with Crippen LogP contribution >= 0.6 is 0 Å². The molecule has 5 nitrogen and oxygen atoms in total. The number of hydrogen-bond acceptors (Lipinski definition) is 4. The van der Waals surface area contributed by atoms with Crippen LogP contribution < -0.4 is 4.90 Å². The fraction of sp³-hybridized carbons (Fsp3) is 0.0571. The second kappa shape index (κ2) is 8.10. The lowest BCUT2D eigenvalue weighted by Crippen LogP contribution is -2.41. The number of amidine groups is 1. The van der Waals surface area contributed by atoms with Crippen LogP contribution in [-0.2, 0) is 0 Å². The highest BCUT2D eigenvalue weighted by molar-refractivity contribution is 6.24. The van der Waals surface area contributed by atoms with Crippen LogP contribution in [-0.4, -0.2) is 32.5 Å².